The van der Waals surface area contributed by atoms with Crippen molar-refractivity contribution in [2.24, 2.45) is 0 Å². The number of benzene rings is 2. The smallest absolute Gasteiger partial charge is 0.119 e. The molecule has 0 amide bonds. The number of hydrogen-bond acceptors (Lipinski definition) is 2. The first kappa shape index (κ1) is 14.2. The van der Waals surface area contributed by atoms with Crippen LogP contribution in [-0.4, -0.2) is 14.2 Å². The van der Waals surface area contributed by atoms with Crippen LogP contribution in [0.15, 0.2) is 55.1 Å². The molecule has 2 aromatic carbocycles. The number of methoxy groups -OCH3 is 2. The summed E-state index contributed by atoms with van der Waals surface area (Å²) in [6.07, 6.45) is 0. The van der Waals surface area contributed by atoms with Gasteiger partial charge in [-0.3, -0.25) is 0 Å². The summed E-state index contributed by atoms with van der Waals surface area (Å²) in [7, 11) is 3.36. The maximum atomic E-state index is 5.28. The number of allylic oxidation sites excluding steroid dienone is 1. The molecule has 0 aliphatic rings. The van der Waals surface area contributed by atoms with Gasteiger partial charge in [0.15, 0.2) is 0 Å². The topological polar surface area (TPSA) is 18.5 Å². The fraction of sp³-hybridized carbons (Fsp3) is 0.222. The van der Waals surface area contributed by atoms with Crippen LogP contribution in [0.3, 0.4) is 0 Å². The van der Waals surface area contributed by atoms with Crippen molar-refractivity contribution < 1.29 is 9.47 Å². The van der Waals surface area contributed by atoms with Gasteiger partial charge in [0.05, 0.1) is 14.2 Å². The fourth-order valence-corrected chi connectivity index (χ4v) is 2.18. The van der Waals surface area contributed by atoms with Crippen LogP contribution in [-0.2, 0) is 0 Å². The van der Waals surface area contributed by atoms with Crippen molar-refractivity contribution >= 4 is 5.57 Å². The van der Waals surface area contributed by atoms with Crippen LogP contribution < -0.4 is 9.47 Å². The molecule has 0 saturated carbocycles. The molecule has 20 heavy (non-hydrogen) atoms. The molecule has 1 atom stereocenters. The van der Waals surface area contributed by atoms with Crippen molar-refractivity contribution in [3.05, 3.63) is 66.2 Å². The molecule has 0 unspecified atom stereocenters. The molecule has 2 nitrogen and oxygen atoms in total. The first-order valence-electron chi connectivity index (χ1n) is 6.63. The van der Waals surface area contributed by atoms with Gasteiger partial charge in [-0.15, -0.1) is 0 Å². The van der Waals surface area contributed by atoms with Crippen molar-refractivity contribution in [1.29, 1.82) is 0 Å². The number of rotatable bonds is 5. The first-order chi connectivity index (χ1) is 9.65. The van der Waals surface area contributed by atoms with Crippen molar-refractivity contribution in [3.63, 3.8) is 0 Å². The summed E-state index contributed by atoms with van der Waals surface area (Å²) in [5.41, 5.74) is 3.36. The molecule has 0 aliphatic carbocycles. The lowest BCUT2D eigenvalue weighted by atomic mass is 9.89. The molecule has 0 aliphatic heterocycles. The highest BCUT2D eigenvalue weighted by Gasteiger charge is 2.12. The zero-order valence-electron chi connectivity index (χ0n) is 12.2. The van der Waals surface area contributed by atoms with Gasteiger partial charge in [0.1, 0.15) is 11.5 Å². The van der Waals surface area contributed by atoms with E-state index in [1.54, 1.807) is 14.2 Å². The Kier molecular flexibility index (Phi) is 4.46. The Bertz CT molecular complexity index is 602. The third kappa shape index (κ3) is 3.02. The van der Waals surface area contributed by atoms with Crippen LogP contribution in [0.5, 0.6) is 11.5 Å². The van der Waals surface area contributed by atoms with E-state index >= 15 is 0 Å². The van der Waals surface area contributed by atoms with E-state index in [0.717, 1.165) is 22.6 Å². The van der Waals surface area contributed by atoms with E-state index in [2.05, 4.69) is 31.7 Å². The van der Waals surface area contributed by atoms with Crippen molar-refractivity contribution in [2.75, 3.05) is 14.2 Å². The Balaban J connectivity index is 2.27. The third-order valence-electron chi connectivity index (χ3n) is 3.56. The molecule has 0 saturated heterocycles. The molecule has 2 heteroatoms. The molecule has 0 radical (unpaired) electrons. The second-order valence-electron chi connectivity index (χ2n) is 4.76. The van der Waals surface area contributed by atoms with E-state index < -0.39 is 0 Å². The largest absolute Gasteiger partial charge is 0.497 e. The Morgan fingerprint density at radius 2 is 1.55 bits per heavy atom. The minimum Gasteiger partial charge on any atom is -0.497 e. The summed E-state index contributed by atoms with van der Waals surface area (Å²) in [5, 5.41) is 0. The van der Waals surface area contributed by atoms with Gasteiger partial charge < -0.3 is 9.47 Å². The second kappa shape index (κ2) is 6.29. The minimum atomic E-state index is 0.220. The second-order valence-corrected chi connectivity index (χ2v) is 4.76. The third-order valence-corrected chi connectivity index (χ3v) is 3.56. The predicted octanol–water partition coefficient (Wildman–Crippen LogP) is 4.52. The molecule has 0 spiro atoms. The average molecular weight is 268 g/mol. The monoisotopic (exact) mass is 268 g/mol. The van der Waals surface area contributed by atoms with Gasteiger partial charge in [0, 0.05) is 5.92 Å². The Morgan fingerprint density at radius 3 is 2.20 bits per heavy atom. The summed E-state index contributed by atoms with van der Waals surface area (Å²) in [6.45, 7) is 6.39. The van der Waals surface area contributed by atoms with Gasteiger partial charge in [-0.1, -0.05) is 37.8 Å². The summed E-state index contributed by atoms with van der Waals surface area (Å²) in [5.74, 6) is 1.94. The molecular weight excluding hydrogens is 248 g/mol. The van der Waals surface area contributed by atoms with Gasteiger partial charge >= 0.3 is 0 Å². The summed E-state index contributed by atoms with van der Waals surface area (Å²) in [4.78, 5) is 0. The van der Waals surface area contributed by atoms with Gasteiger partial charge in [0.25, 0.3) is 0 Å². The maximum absolute atomic E-state index is 5.28. The van der Waals surface area contributed by atoms with Gasteiger partial charge in [-0.2, -0.15) is 0 Å². The summed E-state index contributed by atoms with van der Waals surface area (Å²) < 4.78 is 10.5. The average Bonchev–Trinajstić information content (AvgIpc) is 2.53. The molecule has 0 heterocycles. The quantitative estimate of drug-likeness (QED) is 0.793. The van der Waals surface area contributed by atoms with Gasteiger partial charge in [0.2, 0.25) is 0 Å². The van der Waals surface area contributed by atoms with Crippen LogP contribution in [0.25, 0.3) is 5.57 Å². The van der Waals surface area contributed by atoms with Crippen LogP contribution in [0.2, 0.25) is 0 Å². The van der Waals surface area contributed by atoms with Crippen LogP contribution >= 0.6 is 0 Å². The lowest BCUT2D eigenvalue weighted by Gasteiger charge is -2.17. The fourth-order valence-electron chi connectivity index (χ4n) is 2.18. The van der Waals surface area contributed by atoms with Crippen LogP contribution in [0, 0.1) is 0 Å². The van der Waals surface area contributed by atoms with E-state index in [4.69, 9.17) is 9.47 Å². The van der Waals surface area contributed by atoms with Crippen molar-refractivity contribution in [3.8, 4) is 11.5 Å². The standard InChI is InChI=1S/C18H20O2/c1-13(15-7-5-9-17(11-15)19-3)14(2)16-8-6-10-18(12-16)20-4/h5-12,14H,1H2,2-4H3/t14-/m1/s1. The Labute approximate surface area is 120 Å². The Hall–Kier alpha value is -2.22. The van der Waals surface area contributed by atoms with Crippen molar-refractivity contribution in [2.45, 2.75) is 12.8 Å². The van der Waals surface area contributed by atoms with Crippen LogP contribution in [0.1, 0.15) is 24.0 Å². The molecule has 104 valence electrons. The maximum Gasteiger partial charge on any atom is 0.119 e. The van der Waals surface area contributed by atoms with E-state index in [9.17, 15) is 0 Å². The lowest BCUT2D eigenvalue weighted by molar-refractivity contribution is 0.414. The number of ether oxygens (including phenoxy) is 2. The molecule has 0 bridgehead atoms. The Morgan fingerprint density at radius 1 is 0.950 bits per heavy atom. The van der Waals surface area contributed by atoms with Gasteiger partial charge in [-0.05, 0) is 41.0 Å². The number of hydrogen-bond donors (Lipinski definition) is 0. The van der Waals surface area contributed by atoms with E-state index in [1.807, 2.05) is 30.3 Å². The summed E-state index contributed by atoms with van der Waals surface area (Å²) >= 11 is 0. The highest BCUT2D eigenvalue weighted by molar-refractivity contribution is 5.70. The van der Waals surface area contributed by atoms with E-state index in [-0.39, 0.29) is 5.92 Å². The molecule has 0 aromatic heterocycles. The first-order valence-corrected chi connectivity index (χ1v) is 6.63. The van der Waals surface area contributed by atoms with E-state index in [1.165, 1.54) is 5.56 Å². The predicted molar refractivity (Wildman–Crippen MR) is 83.4 cm³/mol. The minimum absolute atomic E-state index is 0.220. The highest BCUT2D eigenvalue weighted by atomic mass is 16.5. The van der Waals surface area contributed by atoms with Crippen LogP contribution in [0.4, 0.5) is 0 Å². The highest BCUT2D eigenvalue weighted by Crippen LogP contribution is 2.33. The SMILES string of the molecule is C=C(c1cccc(OC)c1)[C@@H](C)c1cccc(OC)c1. The molecule has 2 rings (SSSR count). The zero-order chi connectivity index (χ0) is 14.5. The molecule has 2 aromatic rings. The molecule has 0 N–H and O–H groups in total. The summed E-state index contributed by atoms with van der Waals surface area (Å²) in [6, 6.07) is 16.1. The lowest BCUT2D eigenvalue weighted by Crippen LogP contribution is -1.98. The van der Waals surface area contributed by atoms with Crippen molar-refractivity contribution in [1.82, 2.24) is 0 Å². The normalized spacial score (nSPS) is 11.8. The molecular formula is C18H20O2. The van der Waals surface area contributed by atoms with E-state index in [0.29, 0.717) is 0 Å². The zero-order valence-corrected chi connectivity index (χ0v) is 12.2. The van der Waals surface area contributed by atoms with Gasteiger partial charge in [-0.25, -0.2) is 0 Å². The molecule has 0 fully saturated rings.